The number of aromatic nitrogens is 1. The molecule has 4 heteroatoms. The highest BCUT2D eigenvalue weighted by Gasteiger charge is 2.30. The first-order valence-corrected chi connectivity index (χ1v) is 8.45. The Labute approximate surface area is 138 Å². The van der Waals surface area contributed by atoms with Crippen LogP contribution in [0.4, 0.5) is 0 Å². The molecule has 1 N–H and O–H groups in total. The molecule has 0 radical (unpaired) electrons. The summed E-state index contributed by atoms with van der Waals surface area (Å²) in [6.45, 7) is 10.5. The third-order valence-corrected chi connectivity index (χ3v) is 4.43. The van der Waals surface area contributed by atoms with Crippen molar-refractivity contribution in [3.63, 3.8) is 0 Å². The maximum atomic E-state index is 4.87. The minimum absolute atomic E-state index is 0.372. The third-order valence-electron chi connectivity index (χ3n) is 4.43. The van der Waals surface area contributed by atoms with E-state index in [1.54, 1.807) is 0 Å². The number of aliphatic imine (C=N–C) groups is 1. The molecule has 0 amide bonds. The van der Waals surface area contributed by atoms with E-state index in [1.165, 1.54) is 17.4 Å². The molecule has 1 aliphatic rings. The summed E-state index contributed by atoms with van der Waals surface area (Å²) in [5.41, 5.74) is 2.60. The number of nitrogens with zero attached hydrogens (tertiary/aromatic N) is 3. The fourth-order valence-corrected chi connectivity index (χ4v) is 3.17. The molecule has 0 bridgehead atoms. The van der Waals surface area contributed by atoms with Gasteiger partial charge < -0.3 is 10.2 Å². The molecule has 2 aromatic rings. The van der Waals surface area contributed by atoms with Crippen LogP contribution in [0.5, 0.6) is 0 Å². The molecule has 0 saturated carbocycles. The Bertz CT molecular complexity index is 700. The average molecular weight is 310 g/mol. The Morgan fingerprint density at radius 1 is 1.30 bits per heavy atom. The number of benzene rings is 1. The summed E-state index contributed by atoms with van der Waals surface area (Å²) in [5, 5.41) is 4.61. The highest BCUT2D eigenvalue weighted by atomic mass is 15.3. The van der Waals surface area contributed by atoms with Crippen molar-refractivity contribution in [3.8, 4) is 0 Å². The van der Waals surface area contributed by atoms with E-state index in [0.29, 0.717) is 12.0 Å². The molecule has 2 heterocycles. The molecular weight excluding hydrogens is 284 g/mol. The minimum atomic E-state index is 0.372. The fraction of sp³-hybridized carbons (Fsp3) is 0.474. The van der Waals surface area contributed by atoms with E-state index in [1.807, 2.05) is 12.3 Å². The van der Waals surface area contributed by atoms with Crippen LogP contribution >= 0.6 is 0 Å². The van der Waals surface area contributed by atoms with Crippen LogP contribution in [0.2, 0.25) is 0 Å². The maximum Gasteiger partial charge on any atom is 0.194 e. The summed E-state index contributed by atoms with van der Waals surface area (Å²) in [7, 11) is 0. The minimum Gasteiger partial charge on any atom is -0.357 e. The van der Waals surface area contributed by atoms with Crippen molar-refractivity contribution >= 4 is 16.9 Å². The van der Waals surface area contributed by atoms with E-state index in [0.717, 1.165) is 31.1 Å². The molecule has 1 aromatic carbocycles. The van der Waals surface area contributed by atoms with Gasteiger partial charge in [0.1, 0.15) is 0 Å². The van der Waals surface area contributed by atoms with Crippen molar-refractivity contribution in [2.24, 2.45) is 10.4 Å². The second kappa shape index (κ2) is 6.57. The van der Waals surface area contributed by atoms with E-state index in [4.69, 9.17) is 4.99 Å². The van der Waals surface area contributed by atoms with E-state index < -0.39 is 0 Å². The second-order valence-corrected chi connectivity index (χ2v) is 7.00. The molecule has 0 atom stereocenters. The average Bonchev–Trinajstić information content (AvgIpc) is 2.91. The van der Waals surface area contributed by atoms with Gasteiger partial charge in [0.15, 0.2) is 5.96 Å². The molecule has 122 valence electrons. The highest BCUT2D eigenvalue weighted by molar-refractivity contribution is 5.83. The van der Waals surface area contributed by atoms with Gasteiger partial charge in [0.25, 0.3) is 0 Å². The number of nitrogens with one attached hydrogen (secondary N) is 1. The van der Waals surface area contributed by atoms with Gasteiger partial charge in [0.2, 0.25) is 0 Å². The van der Waals surface area contributed by atoms with Gasteiger partial charge in [0.05, 0.1) is 12.1 Å². The summed E-state index contributed by atoms with van der Waals surface area (Å²) in [6, 6.07) is 10.4. The zero-order valence-electron chi connectivity index (χ0n) is 14.3. The van der Waals surface area contributed by atoms with Crippen molar-refractivity contribution in [1.29, 1.82) is 0 Å². The number of fused-ring (bicyclic) bond motifs is 1. The Balaban J connectivity index is 1.83. The molecule has 0 unspecified atom stereocenters. The number of pyridine rings is 1. The lowest BCUT2D eigenvalue weighted by molar-refractivity contribution is 0.370. The third kappa shape index (κ3) is 3.63. The number of likely N-dealkylation sites (tertiary alicyclic amines) is 1. The van der Waals surface area contributed by atoms with Crippen LogP contribution in [0.25, 0.3) is 10.9 Å². The zero-order valence-corrected chi connectivity index (χ0v) is 14.3. The monoisotopic (exact) mass is 310 g/mol. The smallest absolute Gasteiger partial charge is 0.194 e. The first-order chi connectivity index (χ1) is 11.1. The molecule has 1 aromatic heterocycles. The zero-order chi connectivity index (χ0) is 16.3. The lowest BCUT2D eigenvalue weighted by Crippen LogP contribution is -2.40. The van der Waals surface area contributed by atoms with E-state index >= 15 is 0 Å². The molecule has 1 saturated heterocycles. The number of hydrogen-bond acceptors (Lipinski definition) is 2. The topological polar surface area (TPSA) is 40.5 Å². The van der Waals surface area contributed by atoms with Gasteiger partial charge in [-0.2, -0.15) is 0 Å². The number of para-hydroxylation sites is 1. The summed E-state index contributed by atoms with van der Waals surface area (Å²) >= 11 is 0. The summed E-state index contributed by atoms with van der Waals surface area (Å²) in [4.78, 5) is 11.8. The normalized spacial score (nSPS) is 17.7. The molecule has 3 rings (SSSR count). The van der Waals surface area contributed by atoms with Crippen molar-refractivity contribution < 1.29 is 0 Å². The van der Waals surface area contributed by atoms with Crippen LogP contribution in [-0.4, -0.2) is 35.5 Å². The predicted molar refractivity (Wildman–Crippen MR) is 96.5 cm³/mol. The SMILES string of the molecule is CCNC(=NCc1cccc2cccnc12)N1CCC(C)(C)C1. The van der Waals surface area contributed by atoms with Crippen molar-refractivity contribution in [1.82, 2.24) is 15.2 Å². The number of guanidine groups is 1. The van der Waals surface area contributed by atoms with Crippen molar-refractivity contribution in [3.05, 3.63) is 42.1 Å². The Morgan fingerprint density at radius 2 is 2.13 bits per heavy atom. The van der Waals surface area contributed by atoms with Crippen molar-refractivity contribution in [2.75, 3.05) is 19.6 Å². The first-order valence-electron chi connectivity index (χ1n) is 8.45. The molecule has 0 aliphatic carbocycles. The number of hydrogen-bond donors (Lipinski definition) is 1. The standard InChI is InChI=1S/C19H26N4/c1-4-20-18(23-12-10-19(2,3)14-23)22-13-16-8-5-7-15-9-6-11-21-17(15)16/h5-9,11H,4,10,12-14H2,1-3H3,(H,20,22). The molecular formula is C19H26N4. The summed E-state index contributed by atoms with van der Waals surface area (Å²) in [5.74, 6) is 1.02. The van der Waals surface area contributed by atoms with Crippen LogP contribution in [0.3, 0.4) is 0 Å². The lowest BCUT2D eigenvalue weighted by atomic mass is 9.93. The van der Waals surface area contributed by atoms with Crippen LogP contribution in [0.15, 0.2) is 41.5 Å². The fourth-order valence-electron chi connectivity index (χ4n) is 3.17. The highest BCUT2D eigenvalue weighted by Crippen LogP contribution is 2.28. The quantitative estimate of drug-likeness (QED) is 0.697. The van der Waals surface area contributed by atoms with E-state index in [9.17, 15) is 0 Å². The van der Waals surface area contributed by atoms with E-state index in [2.05, 4.69) is 60.2 Å². The van der Waals surface area contributed by atoms with Gasteiger partial charge in [-0.1, -0.05) is 38.1 Å². The Kier molecular flexibility index (Phi) is 4.51. The largest absolute Gasteiger partial charge is 0.357 e. The number of rotatable bonds is 3. The van der Waals surface area contributed by atoms with Gasteiger partial charge in [-0.15, -0.1) is 0 Å². The molecule has 0 spiro atoms. The predicted octanol–water partition coefficient (Wildman–Crippen LogP) is 3.43. The molecule has 1 aliphatic heterocycles. The Hall–Kier alpha value is -2.10. The van der Waals surface area contributed by atoms with E-state index in [-0.39, 0.29) is 0 Å². The summed E-state index contributed by atoms with van der Waals surface area (Å²) < 4.78 is 0. The summed E-state index contributed by atoms with van der Waals surface area (Å²) in [6.07, 6.45) is 3.07. The molecule has 1 fully saturated rings. The molecule has 4 nitrogen and oxygen atoms in total. The van der Waals surface area contributed by atoms with Gasteiger partial charge in [0, 0.05) is 31.2 Å². The van der Waals surface area contributed by atoms with Gasteiger partial charge in [-0.25, -0.2) is 4.99 Å². The maximum absolute atomic E-state index is 4.87. The van der Waals surface area contributed by atoms with Gasteiger partial charge in [-0.3, -0.25) is 4.98 Å². The lowest BCUT2D eigenvalue weighted by Gasteiger charge is -2.23. The van der Waals surface area contributed by atoms with Gasteiger partial charge >= 0.3 is 0 Å². The van der Waals surface area contributed by atoms with Crippen molar-refractivity contribution in [2.45, 2.75) is 33.7 Å². The second-order valence-electron chi connectivity index (χ2n) is 7.00. The van der Waals surface area contributed by atoms with Crippen LogP contribution < -0.4 is 5.32 Å². The van der Waals surface area contributed by atoms with Crippen LogP contribution in [0.1, 0.15) is 32.8 Å². The first kappa shape index (κ1) is 15.8. The Morgan fingerprint density at radius 3 is 2.87 bits per heavy atom. The van der Waals surface area contributed by atoms with Crippen LogP contribution in [-0.2, 0) is 6.54 Å². The van der Waals surface area contributed by atoms with Crippen LogP contribution in [0, 0.1) is 5.41 Å². The van der Waals surface area contributed by atoms with Gasteiger partial charge in [-0.05, 0) is 30.4 Å². The molecule has 23 heavy (non-hydrogen) atoms.